The van der Waals surface area contributed by atoms with Crippen molar-refractivity contribution in [1.82, 2.24) is 20.0 Å². The van der Waals surface area contributed by atoms with Crippen LogP contribution in [0.5, 0.6) is 0 Å². The van der Waals surface area contributed by atoms with Gasteiger partial charge in [-0.3, -0.25) is 14.3 Å². The topological polar surface area (TPSA) is 105 Å². The molecule has 3 N–H and O–H groups in total. The summed E-state index contributed by atoms with van der Waals surface area (Å²) in [6, 6.07) is 12.0. The Balaban J connectivity index is 1.47. The molecule has 5 rings (SSSR count). The highest BCUT2D eigenvalue weighted by atomic mass is 32.1. The van der Waals surface area contributed by atoms with Gasteiger partial charge in [0.15, 0.2) is 5.82 Å². The van der Waals surface area contributed by atoms with E-state index in [0.717, 1.165) is 22.4 Å². The van der Waals surface area contributed by atoms with Crippen LogP contribution in [0.25, 0.3) is 21.3 Å². The first-order valence-electron chi connectivity index (χ1n) is 10.9. The molecule has 0 spiro atoms. The Hall–Kier alpha value is -4.38. The highest BCUT2D eigenvalue weighted by Gasteiger charge is 2.18. The Labute approximate surface area is 207 Å². The molecule has 0 aliphatic heterocycles. The highest BCUT2D eigenvalue weighted by Crippen LogP contribution is 2.32. The summed E-state index contributed by atoms with van der Waals surface area (Å²) < 4.78 is 30.6. The molecule has 182 valence electrons. The van der Waals surface area contributed by atoms with Crippen LogP contribution in [0.1, 0.15) is 20.9 Å². The lowest BCUT2D eigenvalue weighted by Crippen LogP contribution is -2.15. The van der Waals surface area contributed by atoms with Gasteiger partial charge in [0, 0.05) is 29.1 Å². The van der Waals surface area contributed by atoms with Crippen molar-refractivity contribution in [2.24, 2.45) is 7.05 Å². The molecule has 8 nitrogen and oxygen atoms in total. The molecular formula is C25H20F2N6O2S. The maximum Gasteiger partial charge on any atom is 0.287 e. The summed E-state index contributed by atoms with van der Waals surface area (Å²) in [4.78, 5) is 25.6. The summed E-state index contributed by atoms with van der Waals surface area (Å²) in [7, 11) is 1.79. The second kappa shape index (κ2) is 9.00. The molecule has 0 saturated heterocycles. The second-order valence-electron chi connectivity index (χ2n) is 8.26. The van der Waals surface area contributed by atoms with Crippen molar-refractivity contribution in [3.63, 3.8) is 0 Å². The van der Waals surface area contributed by atoms with E-state index in [1.807, 2.05) is 6.92 Å². The Bertz CT molecular complexity index is 1690. The molecule has 3 aromatic heterocycles. The summed E-state index contributed by atoms with van der Waals surface area (Å²) in [5.41, 5.74) is 1.97. The van der Waals surface area contributed by atoms with Crippen molar-refractivity contribution in [3.05, 3.63) is 86.7 Å². The van der Waals surface area contributed by atoms with Gasteiger partial charge in [-0.15, -0.1) is 11.3 Å². The van der Waals surface area contributed by atoms with Crippen molar-refractivity contribution in [3.8, 4) is 11.3 Å². The van der Waals surface area contributed by atoms with Gasteiger partial charge in [0.1, 0.15) is 17.3 Å². The lowest BCUT2D eigenvalue weighted by Gasteiger charge is -2.13. The molecule has 0 atom stereocenters. The van der Waals surface area contributed by atoms with Gasteiger partial charge < -0.3 is 10.6 Å². The van der Waals surface area contributed by atoms with Gasteiger partial charge in [-0.25, -0.2) is 13.9 Å². The fourth-order valence-electron chi connectivity index (χ4n) is 3.80. The minimum atomic E-state index is -0.622. The van der Waals surface area contributed by atoms with Crippen molar-refractivity contribution in [2.45, 2.75) is 13.8 Å². The third-order valence-corrected chi connectivity index (χ3v) is 6.91. The number of amides is 1. The molecule has 0 aliphatic rings. The van der Waals surface area contributed by atoms with Gasteiger partial charge in [0.05, 0.1) is 16.3 Å². The number of nitrogens with zero attached hydrogens (tertiary/aromatic N) is 3. The van der Waals surface area contributed by atoms with E-state index in [-0.39, 0.29) is 11.4 Å². The largest absolute Gasteiger partial charge is 0.334 e. The van der Waals surface area contributed by atoms with Crippen LogP contribution < -0.4 is 16.2 Å². The third-order valence-electron chi connectivity index (χ3n) is 5.81. The monoisotopic (exact) mass is 506 g/mol. The number of aromatic nitrogens is 4. The summed E-state index contributed by atoms with van der Waals surface area (Å²) in [5.74, 6) is -1.04. The van der Waals surface area contributed by atoms with E-state index >= 15 is 0 Å². The molecule has 1 amide bonds. The zero-order valence-corrected chi connectivity index (χ0v) is 20.3. The number of carbonyl (C=O) groups excluding carboxylic acids is 1. The number of hydrogen-bond donors (Lipinski definition) is 3. The number of halogens is 2. The van der Waals surface area contributed by atoms with Crippen molar-refractivity contribution in [1.29, 1.82) is 0 Å². The van der Waals surface area contributed by atoms with E-state index in [4.69, 9.17) is 0 Å². The maximum atomic E-state index is 14.8. The number of hydrogen-bond acceptors (Lipinski definition) is 6. The average Bonchev–Trinajstić information content (AvgIpc) is 3.40. The number of aryl methyl sites for hydroxylation is 2. The molecule has 0 fully saturated rings. The van der Waals surface area contributed by atoms with Gasteiger partial charge in [-0.05, 0) is 61.2 Å². The van der Waals surface area contributed by atoms with E-state index in [9.17, 15) is 18.4 Å². The van der Waals surface area contributed by atoms with Crippen LogP contribution in [0.3, 0.4) is 0 Å². The van der Waals surface area contributed by atoms with E-state index in [1.165, 1.54) is 30.3 Å². The molecule has 0 radical (unpaired) electrons. The molecule has 0 unspecified atom stereocenters. The zero-order valence-electron chi connectivity index (χ0n) is 19.4. The lowest BCUT2D eigenvalue weighted by atomic mass is 10.0. The van der Waals surface area contributed by atoms with Crippen molar-refractivity contribution >= 4 is 44.5 Å². The van der Waals surface area contributed by atoms with Crippen LogP contribution in [0, 0.1) is 25.5 Å². The molecule has 0 saturated carbocycles. The van der Waals surface area contributed by atoms with Gasteiger partial charge >= 0.3 is 0 Å². The van der Waals surface area contributed by atoms with Gasteiger partial charge in [0.2, 0.25) is 0 Å². The second-order valence-corrected chi connectivity index (χ2v) is 9.34. The van der Waals surface area contributed by atoms with Crippen LogP contribution in [0.2, 0.25) is 0 Å². The Morgan fingerprint density at radius 1 is 1.08 bits per heavy atom. The lowest BCUT2D eigenvalue weighted by molar-refractivity contribution is 0.103. The van der Waals surface area contributed by atoms with Crippen molar-refractivity contribution < 1.29 is 13.6 Å². The highest BCUT2D eigenvalue weighted by molar-refractivity contribution is 7.20. The summed E-state index contributed by atoms with van der Waals surface area (Å²) in [5, 5.41) is 17.2. The standard InChI is InChI=1S/C25H20F2N6O2S/c1-12-8-22(32-33(12)3)28-19-11-18(30-31-24(19)34)16-6-7-17(27)23(13(16)2)29-25(35)21-9-14-4-5-15(26)10-20(14)36-21/h4-11H,1-3H3,(H,29,35)(H,31,34)(H,28,30,32). The van der Waals surface area contributed by atoms with Crippen LogP contribution in [0.15, 0.2) is 53.3 Å². The Morgan fingerprint density at radius 3 is 2.64 bits per heavy atom. The number of fused-ring (bicyclic) bond motifs is 1. The van der Waals surface area contributed by atoms with Gasteiger partial charge in [0.25, 0.3) is 11.5 Å². The van der Waals surface area contributed by atoms with E-state index < -0.39 is 23.1 Å². The molecule has 0 aliphatic carbocycles. The molecule has 2 aromatic carbocycles. The zero-order chi connectivity index (χ0) is 25.6. The first kappa shape index (κ1) is 23.4. The molecular weight excluding hydrogens is 486 g/mol. The van der Waals surface area contributed by atoms with Gasteiger partial charge in [-0.1, -0.05) is 6.07 Å². The number of anilines is 3. The summed E-state index contributed by atoms with van der Waals surface area (Å²) >= 11 is 1.12. The summed E-state index contributed by atoms with van der Waals surface area (Å²) in [6.07, 6.45) is 0. The fourth-order valence-corrected chi connectivity index (χ4v) is 4.78. The van der Waals surface area contributed by atoms with Crippen molar-refractivity contribution in [2.75, 3.05) is 10.6 Å². The smallest absolute Gasteiger partial charge is 0.287 e. The molecule has 36 heavy (non-hydrogen) atoms. The van der Waals surface area contributed by atoms with E-state index in [0.29, 0.717) is 32.2 Å². The first-order valence-corrected chi connectivity index (χ1v) is 11.7. The van der Waals surface area contributed by atoms with Crippen LogP contribution >= 0.6 is 11.3 Å². The average molecular weight is 507 g/mol. The number of aromatic amines is 1. The molecule has 11 heteroatoms. The number of benzene rings is 2. The van der Waals surface area contributed by atoms with Crippen LogP contribution in [-0.2, 0) is 7.05 Å². The number of nitrogens with one attached hydrogen (secondary N) is 3. The molecule has 0 bridgehead atoms. The van der Waals surface area contributed by atoms with Crippen LogP contribution in [0.4, 0.5) is 26.0 Å². The summed E-state index contributed by atoms with van der Waals surface area (Å²) in [6.45, 7) is 3.53. The predicted octanol–water partition coefficient (Wildman–Crippen LogP) is 5.28. The number of thiophene rings is 1. The minimum absolute atomic E-state index is 0.0102. The fraction of sp³-hybridized carbons (Fsp3) is 0.120. The van der Waals surface area contributed by atoms with Crippen LogP contribution in [-0.4, -0.2) is 25.9 Å². The third kappa shape index (κ3) is 4.36. The number of rotatable bonds is 5. The SMILES string of the molecule is Cc1c(-c2cc(Nc3cc(C)n(C)n3)c(=O)[nH]n2)ccc(F)c1NC(=O)c1cc2ccc(F)cc2s1. The predicted molar refractivity (Wildman–Crippen MR) is 136 cm³/mol. The van der Waals surface area contributed by atoms with Gasteiger partial charge in [-0.2, -0.15) is 10.2 Å². The normalized spacial score (nSPS) is 11.1. The molecule has 5 aromatic rings. The Morgan fingerprint density at radius 2 is 1.89 bits per heavy atom. The Kier molecular flexibility index (Phi) is 5.84. The number of H-pyrrole nitrogens is 1. The first-order chi connectivity index (χ1) is 17.2. The maximum absolute atomic E-state index is 14.8. The minimum Gasteiger partial charge on any atom is -0.334 e. The number of carbonyl (C=O) groups is 1. The quantitative estimate of drug-likeness (QED) is 0.301. The van der Waals surface area contributed by atoms with E-state index in [1.54, 1.807) is 36.9 Å². The molecule has 3 heterocycles. The van der Waals surface area contributed by atoms with E-state index in [2.05, 4.69) is 25.9 Å².